The first-order valence-corrected chi connectivity index (χ1v) is 6.81. The molecule has 1 aromatic carbocycles. The van der Waals surface area contributed by atoms with E-state index in [0.29, 0.717) is 0 Å². The number of pyridine rings is 1. The maximum Gasteiger partial charge on any atom is 0.514 e. The zero-order valence-corrected chi connectivity index (χ0v) is 12.7. The van der Waals surface area contributed by atoms with Gasteiger partial charge in [0.25, 0.3) is 0 Å². The predicted octanol–water partition coefficient (Wildman–Crippen LogP) is 3.42. The molecule has 0 bridgehead atoms. The van der Waals surface area contributed by atoms with Crippen LogP contribution in [0, 0.1) is 0 Å². The summed E-state index contributed by atoms with van der Waals surface area (Å²) >= 11 is 0. The van der Waals surface area contributed by atoms with Crippen molar-refractivity contribution in [2.24, 2.45) is 0 Å². The van der Waals surface area contributed by atoms with Crippen LogP contribution in [0.1, 0.15) is 20.8 Å². The van der Waals surface area contributed by atoms with Gasteiger partial charge in [0, 0.05) is 12.4 Å². The van der Waals surface area contributed by atoms with Gasteiger partial charge in [-0.25, -0.2) is 4.79 Å². The smallest absolute Gasteiger partial charge is 0.428 e. The summed E-state index contributed by atoms with van der Waals surface area (Å²) in [7, 11) is 0. The molecule has 0 spiro atoms. The highest BCUT2D eigenvalue weighted by atomic mass is 16.7. The molecule has 1 aromatic heterocycles. The molecule has 0 atom stereocenters. The Bertz CT molecular complexity index is 721. The summed E-state index contributed by atoms with van der Waals surface area (Å²) in [5.41, 5.74) is 0.513. The Morgan fingerprint density at radius 2 is 1.73 bits per heavy atom. The SMILES string of the molecule is CC(C)(C)OC(=O)Oc1cc(-c2ccncc2)cccc1=O. The second-order valence-electron chi connectivity index (χ2n) is 5.66. The summed E-state index contributed by atoms with van der Waals surface area (Å²) in [5, 5.41) is 0. The summed E-state index contributed by atoms with van der Waals surface area (Å²) < 4.78 is 10.1. The van der Waals surface area contributed by atoms with Gasteiger partial charge in [0.05, 0.1) is 0 Å². The Labute approximate surface area is 128 Å². The summed E-state index contributed by atoms with van der Waals surface area (Å²) in [5.74, 6) is -0.0777. The van der Waals surface area contributed by atoms with Gasteiger partial charge in [-0.3, -0.25) is 9.78 Å². The van der Waals surface area contributed by atoms with E-state index in [-0.39, 0.29) is 5.75 Å². The number of rotatable bonds is 2. The molecule has 0 aliphatic heterocycles. The van der Waals surface area contributed by atoms with Crippen molar-refractivity contribution in [1.82, 2.24) is 4.98 Å². The van der Waals surface area contributed by atoms with Gasteiger partial charge in [0.1, 0.15) is 5.60 Å². The lowest BCUT2D eigenvalue weighted by atomic mass is 10.1. The van der Waals surface area contributed by atoms with Crippen LogP contribution in [0.4, 0.5) is 4.79 Å². The second kappa shape index (κ2) is 6.39. The highest BCUT2D eigenvalue weighted by Gasteiger charge is 2.19. The van der Waals surface area contributed by atoms with Gasteiger partial charge in [0.2, 0.25) is 5.43 Å². The number of hydrogen-bond donors (Lipinski definition) is 0. The summed E-state index contributed by atoms with van der Waals surface area (Å²) in [6.45, 7) is 5.17. The van der Waals surface area contributed by atoms with Gasteiger partial charge < -0.3 is 9.47 Å². The van der Waals surface area contributed by atoms with Crippen molar-refractivity contribution in [2.75, 3.05) is 0 Å². The van der Waals surface area contributed by atoms with Crippen LogP contribution in [-0.2, 0) is 4.74 Å². The second-order valence-corrected chi connectivity index (χ2v) is 5.66. The summed E-state index contributed by atoms with van der Waals surface area (Å²) in [4.78, 5) is 27.6. The fourth-order valence-electron chi connectivity index (χ4n) is 1.75. The first kappa shape index (κ1) is 15.7. The van der Waals surface area contributed by atoms with Crippen molar-refractivity contribution in [1.29, 1.82) is 0 Å². The van der Waals surface area contributed by atoms with E-state index in [1.807, 2.05) is 0 Å². The minimum absolute atomic E-state index is 0.0777. The molecule has 114 valence electrons. The van der Waals surface area contributed by atoms with E-state index in [4.69, 9.17) is 9.47 Å². The van der Waals surface area contributed by atoms with Crippen molar-refractivity contribution in [3.05, 3.63) is 59.0 Å². The Hall–Kier alpha value is -2.69. The molecule has 5 heteroatoms. The largest absolute Gasteiger partial charge is 0.514 e. The molecule has 0 aliphatic carbocycles. The fourth-order valence-corrected chi connectivity index (χ4v) is 1.75. The summed E-state index contributed by atoms with van der Waals surface area (Å²) in [6.07, 6.45) is 2.39. The number of ether oxygens (including phenoxy) is 2. The van der Waals surface area contributed by atoms with Gasteiger partial charge in [-0.05, 0) is 56.2 Å². The van der Waals surface area contributed by atoms with Crippen LogP contribution in [-0.4, -0.2) is 16.7 Å². The van der Waals surface area contributed by atoms with Crippen LogP contribution in [0.15, 0.2) is 53.6 Å². The highest BCUT2D eigenvalue weighted by molar-refractivity contribution is 5.67. The molecule has 22 heavy (non-hydrogen) atoms. The standard InChI is InChI=1S/C17H17NO4/c1-17(2,3)22-16(20)21-15-11-13(5-4-6-14(15)19)12-7-9-18-10-8-12/h4-11H,1-3H3. The molecule has 2 rings (SSSR count). The normalized spacial score (nSPS) is 10.9. The van der Waals surface area contributed by atoms with Crippen molar-refractivity contribution >= 4 is 6.16 Å². The molecule has 0 aliphatic rings. The topological polar surface area (TPSA) is 65.5 Å². The average Bonchev–Trinajstić information content (AvgIpc) is 2.60. The Morgan fingerprint density at radius 3 is 2.36 bits per heavy atom. The van der Waals surface area contributed by atoms with Gasteiger partial charge in [-0.15, -0.1) is 0 Å². The van der Waals surface area contributed by atoms with Gasteiger partial charge in [-0.1, -0.05) is 12.1 Å². The van der Waals surface area contributed by atoms with E-state index in [9.17, 15) is 9.59 Å². The number of aromatic nitrogens is 1. The molecule has 0 saturated heterocycles. The molecule has 0 unspecified atom stereocenters. The molecule has 0 amide bonds. The minimum atomic E-state index is -0.906. The third kappa shape index (κ3) is 4.41. The highest BCUT2D eigenvalue weighted by Crippen LogP contribution is 2.20. The van der Waals surface area contributed by atoms with Gasteiger partial charge in [0.15, 0.2) is 5.75 Å². The third-order valence-corrected chi connectivity index (χ3v) is 2.65. The number of carbonyl (C=O) groups excluding carboxylic acids is 1. The number of nitrogens with zero attached hydrogens (tertiary/aromatic N) is 1. The molecular formula is C17H17NO4. The van der Waals surface area contributed by atoms with Crippen LogP contribution in [0.5, 0.6) is 5.75 Å². The lowest BCUT2D eigenvalue weighted by molar-refractivity contribution is 0.0204. The zero-order valence-electron chi connectivity index (χ0n) is 12.7. The fraction of sp³-hybridized carbons (Fsp3) is 0.235. The minimum Gasteiger partial charge on any atom is -0.428 e. The third-order valence-electron chi connectivity index (χ3n) is 2.65. The van der Waals surface area contributed by atoms with E-state index in [1.54, 1.807) is 57.4 Å². The number of hydrogen-bond acceptors (Lipinski definition) is 5. The molecule has 2 aromatic rings. The zero-order chi connectivity index (χ0) is 16.2. The van der Waals surface area contributed by atoms with Crippen LogP contribution >= 0.6 is 0 Å². The first-order chi connectivity index (χ1) is 10.3. The molecule has 0 N–H and O–H groups in total. The van der Waals surface area contributed by atoms with Gasteiger partial charge >= 0.3 is 6.16 Å². The van der Waals surface area contributed by atoms with E-state index < -0.39 is 17.2 Å². The maximum absolute atomic E-state index is 12.0. The summed E-state index contributed by atoms with van der Waals surface area (Å²) in [6, 6.07) is 9.83. The molecule has 0 radical (unpaired) electrons. The van der Waals surface area contributed by atoms with Crippen LogP contribution in [0.25, 0.3) is 11.1 Å². The molecule has 1 heterocycles. The number of carbonyl (C=O) groups is 1. The first-order valence-electron chi connectivity index (χ1n) is 6.81. The Balaban J connectivity index is 2.34. The van der Waals surface area contributed by atoms with Crippen molar-refractivity contribution in [3.63, 3.8) is 0 Å². The van der Waals surface area contributed by atoms with Crippen LogP contribution in [0.2, 0.25) is 0 Å². The molecule has 5 nitrogen and oxygen atoms in total. The van der Waals surface area contributed by atoms with Crippen LogP contribution in [0.3, 0.4) is 0 Å². The lowest BCUT2D eigenvalue weighted by Gasteiger charge is -2.18. The lowest BCUT2D eigenvalue weighted by Crippen LogP contribution is -2.26. The van der Waals surface area contributed by atoms with E-state index in [1.165, 1.54) is 12.1 Å². The quantitative estimate of drug-likeness (QED) is 0.795. The maximum atomic E-state index is 12.0. The Morgan fingerprint density at radius 1 is 1.05 bits per heavy atom. The van der Waals surface area contributed by atoms with Crippen molar-refractivity contribution in [3.8, 4) is 16.9 Å². The molecule has 0 saturated carbocycles. The average molecular weight is 299 g/mol. The van der Waals surface area contributed by atoms with E-state index in [0.717, 1.165) is 11.1 Å². The van der Waals surface area contributed by atoms with E-state index >= 15 is 0 Å². The molecular weight excluding hydrogens is 282 g/mol. The Kier molecular flexibility index (Phi) is 4.56. The van der Waals surface area contributed by atoms with Gasteiger partial charge in [-0.2, -0.15) is 0 Å². The monoisotopic (exact) mass is 299 g/mol. The van der Waals surface area contributed by atoms with E-state index in [2.05, 4.69) is 4.98 Å². The van der Waals surface area contributed by atoms with Crippen molar-refractivity contribution < 1.29 is 14.3 Å². The molecule has 0 fully saturated rings. The van der Waals surface area contributed by atoms with Crippen molar-refractivity contribution in [2.45, 2.75) is 26.4 Å². The van der Waals surface area contributed by atoms with Crippen LogP contribution < -0.4 is 10.2 Å². The predicted molar refractivity (Wildman–Crippen MR) is 82.8 cm³/mol.